The molecule has 1 aliphatic carbocycles. The number of allylic oxidation sites excluding steroid dienone is 4. The van der Waals surface area contributed by atoms with Gasteiger partial charge in [-0.3, -0.25) is 0 Å². The topological polar surface area (TPSA) is 56.4 Å². The van der Waals surface area contributed by atoms with E-state index in [-0.39, 0.29) is 26.2 Å². The molecule has 0 unspecified atom stereocenters. The Morgan fingerprint density at radius 2 is 0.773 bits per heavy atom. The molecule has 0 amide bonds. The van der Waals surface area contributed by atoms with E-state index in [1.165, 1.54) is 0 Å². The zero-order valence-electron chi connectivity index (χ0n) is 16.1. The van der Waals surface area contributed by atoms with Gasteiger partial charge in [0.2, 0.25) is 0 Å². The SMILES string of the molecule is C1=CCC=C1.CC[N-]C.CC[N-]C.CC[N-]C.CC[N-]C.[Zr+4]. The molecule has 0 saturated carbocycles. The molecule has 0 radical (unpaired) electrons. The van der Waals surface area contributed by atoms with Crippen LogP contribution in [0.1, 0.15) is 34.1 Å². The van der Waals surface area contributed by atoms with Crippen LogP contribution in [0, 0.1) is 0 Å². The molecule has 22 heavy (non-hydrogen) atoms. The molecule has 0 spiro atoms. The summed E-state index contributed by atoms with van der Waals surface area (Å²) in [5, 5.41) is 14.9. The summed E-state index contributed by atoms with van der Waals surface area (Å²) in [6.45, 7) is 11.8. The van der Waals surface area contributed by atoms with Crippen molar-refractivity contribution in [1.29, 1.82) is 0 Å². The van der Waals surface area contributed by atoms with Crippen LogP contribution < -0.4 is 0 Å². The number of nitrogens with zero attached hydrogens (tertiary/aromatic N) is 4. The molecule has 0 heterocycles. The summed E-state index contributed by atoms with van der Waals surface area (Å²) in [6, 6.07) is 0. The van der Waals surface area contributed by atoms with Gasteiger partial charge >= 0.3 is 26.2 Å². The van der Waals surface area contributed by atoms with Gasteiger partial charge in [0.1, 0.15) is 0 Å². The molecule has 1 rings (SSSR count). The predicted octanol–water partition coefficient (Wildman–Crippen LogP) is 5.54. The molecule has 0 bridgehead atoms. The van der Waals surface area contributed by atoms with E-state index in [4.69, 9.17) is 0 Å². The molecule has 1 aliphatic rings. The maximum Gasteiger partial charge on any atom is 4.00 e. The van der Waals surface area contributed by atoms with Crippen molar-refractivity contribution in [3.05, 3.63) is 45.6 Å². The average Bonchev–Trinajstić information content (AvgIpc) is 3.14. The van der Waals surface area contributed by atoms with Crippen molar-refractivity contribution in [3.8, 4) is 0 Å². The van der Waals surface area contributed by atoms with Crippen molar-refractivity contribution in [2.45, 2.75) is 34.1 Å². The van der Waals surface area contributed by atoms with Crippen LogP contribution >= 0.6 is 0 Å². The van der Waals surface area contributed by atoms with Crippen LogP contribution in [0.4, 0.5) is 0 Å². The molecule has 0 N–H and O–H groups in total. The van der Waals surface area contributed by atoms with Gasteiger partial charge in [-0.25, -0.2) is 0 Å². The Morgan fingerprint density at radius 3 is 0.818 bits per heavy atom. The summed E-state index contributed by atoms with van der Waals surface area (Å²) >= 11 is 0. The second kappa shape index (κ2) is 49.6. The fourth-order valence-corrected chi connectivity index (χ4v) is 0.393. The summed E-state index contributed by atoms with van der Waals surface area (Å²) in [6.07, 6.45) is 9.50. The largest absolute Gasteiger partial charge is 4.00 e. The normalized spacial score (nSPS) is 9.45. The van der Waals surface area contributed by atoms with Gasteiger partial charge in [-0.2, -0.15) is 54.4 Å². The maximum atomic E-state index is 3.74. The van der Waals surface area contributed by atoms with Crippen LogP contribution in [-0.2, 0) is 26.2 Å². The van der Waals surface area contributed by atoms with Crippen LogP contribution in [0.15, 0.2) is 24.3 Å². The van der Waals surface area contributed by atoms with Crippen LogP contribution in [-0.4, -0.2) is 54.4 Å². The third-order valence-electron chi connectivity index (χ3n) is 1.92. The molecular weight excluding hydrogens is 351 g/mol. The van der Waals surface area contributed by atoms with Gasteiger partial charge in [0, 0.05) is 0 Å². The van der Waals surface area contributed by atoms with Gasteiger partial charge in [0.25, 0.3) is 0 Å². The van der Waals surface area contributed by atoms with Crippen molar-refractivity contribution in [2.24, 2.45) is 0 Å². The van der Waals surface area contributed by atoms with Crippen LogP contribution in [0.3, 0.4) is 0 Å². The quantitative estimate of drug-likeness (QED) is 0.606. The van der Waals surface area contributed by atoms with Crippen LogP contribution in [0.25, 0.3) is 21.3 Å². The predicted molar refractivity (Wildman–Crippen MR) is 102 cm³/mol. The van der Waals surface area contributed by atoms with E-state index in [2.05, 4.69) is 45.6 Å². The van der Waals surface area contributed by atoms with Crippen molar-refractivity contribution >= 4 is 0 Å². The summed E-state index contributed by atoms with van der Waals surface area (Å²) in [5.41, 5.74) is 0. The van der Waals surface area contributed by atoms with E-state index >= 15 is 0 Å². The molecule has 0 aromatic carbocycles. The Balaban J connectivity index is -0.0000000544. The molecule has 4 nitrogen and oxygen atoms in total. The zero-order chi connectivity index (χ0) is 17.2. The molecular formula is C17H38N4Zr. The van der Waals surface area contributed by atoms with Crippen molar-refractivity contribution in [3.63, 3.8) is 0 Å². The minimum Gasteiger partial charge on any atom is -0.665 e. The third-order valence-corrected chi connectivity index (χ3v) is 1.92. The minimum absolute atomic E-state index is 0. The fourth-order valence-electron chi connectivity index (χ4n) is 0.393. The number of rotatable bonds is 4. The Hall–Kier alpha value is 0.203. The summed E-state index contributed by atoms with van der Waals surface area (Å²) in [7, 11) is 7.22. The van der Waals surface area contributed by atoms with Gasteiger partial charge in [-0.05, 0) is 6.42 Å². The smallest absolute Gasteiger partial charge is 0.665 e. The Kier molecular flexibility index (Phi) is 76.1. The second-order valence-corrected chi connectivity index (χ2v) is 3.62. The Labute approximate surface area is 160 Å². The standard InChI is InChI=1S/C5H6.4C3H8N.Zr/c1-2-4-5-3-1;4*1-3-4-2;/h1-4H,5H2;4*3H2,1-2H3;/q;4*-1;+4. The van der Waals surface area contributed by atoms with Crippen LogP contribution in [0.5, 0.6) is 0 Å². The van der Waals surface area contributed by atoms with Crippen molar-refractivity contribution in [1.82, 2.24) is 0 Å². The minimum atomic E-state index is 0. The van der Waals surface area contributed by atoms with Gasteiger partial charge in [-0.1, -0.05) is 52.0 Å². The van der Waals surface area contributed by atoms with Gasteiger partial charge in [0.15, 0.2) is 0 Å². The fraction of sp³-hybridized carbons (Fsp3) is 0.765. The molecule has 130 valence electrons. The summed E-state index contributed by atoms with van der Waals surface area (Å²) in [5.74, 6) is 0. The van der Waals surface area contributed by atoms with E-state index in [1.54, 1.807) is 28.2 Å². The van der Waals surface area contributed by atoms with E-state index in [1.807, 2.05) is 27.7 Å². The number of hydrogen-bond acceptors (Lipinski definition) is 0. The summed E-state index contributed by atoms with van der Waals surface area (Å²) in [4.78, 5) is 0. The van der Waals surface area contributed by atoms with E-state index < -0.39 is 0 Å². The van der Waals surface area contributed by atoms with Gasteiger partial charge in [-0.15, -0.1) is 0 Å². The zero-order valence-corrected chi connectivity index (χ0v) is 18.6. The van der Waals surface area contributed by atoms with Gasteiger partial charge in [0.05, 0.1) is 0 Å². The van der Waals surface area contributed by atoms with Crippen LogP contribution in [0.2, 0.25) is 0 Å². The molecule has 0 aliphatic heterocycles. The Morgan fingerprint density at radius 1 is 0.591 bits per heavy atom. The first-order valence-corrected chi connectivity index (χ1v) is 7.70. The molecule has 0 aromatic heterocycles. The monoisotopic (exact) mass is 388 g/mol. The van der Waals surface area contributed by atoms with Gasteiger partial charge < -0.3 is 21.3 Å². The first-order valence-electron chi connectivity index (χ1n) is 7.70. The molecule has 0 saturated heterocycles. The average molecular weight is 390 g/mol. The first-order chi connectivity index (χ1) is 10.2. The molecule has 0 fully saturated rings. The molecule has 0 atom stereocenters. The number of hydrogen-bond donors (Lipinski definition) is 0. The first kappa shape index (κ1) is 33.7. The van der Waals surface area contributed by atoms with Crippen molar-refractivity contribution < 1.29 is 26.2 Å². The van der Waals surface area contributed by atoms with E-state index in [9.17, 15) is 0 Å². The Bertz CT molecular complexity index is 140. The molecule has 0 aromatic rings. The van der Waals surface area contributed by atoms with E-state index in [0.717, 1.165) is 32.6 Å². The third kappa shape index (κ3) is 88.0. The van der Waals surface area contributed by atoms with Crippen molar-refractivity contribution in [2.75, 3.05) is 54.4 Å². The molecule has 5 heteroatoms. The second-order valence-electron chi connectivity index (χ2n) is 3.62. The maximum absolute atomic E-state index is 3.74. The van der Waals surface area contributed by atoms with E-state index in [0.29, 0.717) is 0 Å². The summed E-state index contributed by atoms with van der Waals surface area (Å²) < 4.78 is 0.